The Morgan fingerprint density at radius 2 is 1.48 bits per heavy atom. The molecule has 2 aromatic carbocycles. The molecular formula is C21H23N2O3P. The molecule has 0 amide bonds. The van der Waals surface area contributed by atoms with Gasteiger partial charge in [-0.1, -0.05) is 66.7 Å². The highest BCUT2D eigenvalue weighted by Crippen LogP contribution is 2.34. The highest BCUT2D eigenvalue weighted by atomic mass is 31.2. The van der Waals surface area contributed by atoms with Crippen LogP contribution in [-0.2, 0) is 11.1 Å². The lowest BCUT2D eigenvalue weighted by molar-refractivity contribution is 0.371. The minimum absolute atomic E-state index is 0.102. The molecule has 0 atom stereocenters. The summed E-state index contributed by atoms with van der Waals surface area (Å²) in [6, 6.07) is 24.3. The van der Waals surface area contributed by atoms with Crippen LogP contribution in [0.15, 0.2) is 72.8 Å². The van der Waals surface area contributed by atoms with Crippen LogP contribution in [0.4, 0.5) is 0 Å². The van der Waals surface area contributed by atoms with Gasteiger partial charge in [0, 0.05) is 17.7 Å². The maximum atomic E-state index is 10.9. The Bertz CT molecular complexity index is 911. The van der Waals surface area contributed by atoms with E-state index in [1.54, 1.807) is 0 Å². The SMILES string of the molecule is O=P(O)(O)CCCNCc1ccc(-c2ccccc2)c(-c2ccccc2)n1. The van der Waals surface area contributed by atoms with Gasteiger partial charge in [0.2, 0.25) is 0 Å². The quantitative estimate of drug-likeness (QED) is 0.404. The van der Waals surface area contributed by atoms with Crippen molar-refractivity contribution in [3.05, 3.63) is 78.5 Å². The molecule has 140 valence electrons. The summed E-state index contributed by atoms with van der Waals surface area (Å²) < 4.78 is 10.9. The highest BCUT2D eigenvalue weighted by molar-refractivity contribution is 7.51. The molecule has 0 aliphatic heterocycles. The lowest BCUT2D eigenvalue weighted by atomic mass is 9.99. The van der Waals surface area contributed by atoms with E-state index in [-0.39, 0.29) is 6.16 Å². The first-order chi connectivity index (χ1) is 13.0. The second-order valence-electron chi connectivity index (χ2n) is 6.35. The number of benzene rings is 2. The van der Waals surface area contributed by atoms with E-state index in [1.165, 1.54) is 0 Å². The van der Waals surface area contributed by atoms with Crippen LogP contribution in [-0.4, -0.2) is 27.5 Å². The van der Waals surface area contributed by atoms with Crippen molar-refractivity contribution < 1.29 is 14.4 Å². The van der Waals surface area contributed by atoms with E-state index < -0.39 is 7.60 Å². The average Bonchev–Trinajstić information content (AvgIpc) is 2.68. The van der Waals surface area contributed by atoms with Crippen LogP contribution in [0.5, 0.6) is 0 Å². The molecule has 0 aliphatic rings. The Morgan fingerprint density at radius 1 is 0.852 bits per heavy atom. The van der Waals surface area contributed by atoms with E-state index in [4.69, 9.17) is 14.8 Å². The second-order valence-corrected chi connectivity index (χ2v) is 8.13. The molecule has 0 saturated heterocycles. The van der Waals surface area contributed by atoms with Crippen LogP contribution in [0.1, 0.15) is 12.1 Å². The lowest BCUT2D eigenvalue weighted by Gasteiger charge is -2.12. The minimum Gasteiger partial charge on any atom is -0.324 e. The van der Waals surface area contributed by atoms with Crippen molar-refractivity contribution in [1.82, 2.24) is 10.3 Å². The fourth-order valence-electron chi connectivity index (χ4n) is 2.89. The average molecular weight is 382 g/mol. The molecule has 3 N–H and O–H groups in total. The van der Waals surface area contributed by atoms with E-state index in [0.29, 0.717) is 19.5 Å². The summed E-state index contributed by atoms with van der Waals surface area (Å²) in [4.78, 5) is 22.7. The van der Waals surface area contributed by atoms with Gasteiger partial charge < -0.3 is 15.1 Å². The summed E-state index contributed by atoms with van der Waals surface area (Å²) in [6.45, 7) is 1.09. The Labute approximate surface area is 159 Å². The summed E-state index contributed by atoms with van der Waals surface area (Å²) in [6.07, 6.45) is 0.327. The molecule has 0 aliphatic carbocycles. The molecule has 0 fully saturated rings. The van der Waals surface area contributed by atoms with Crippen LogP contribution in [0.2, 0.25) is 0 Å². The summed E-state index contributed by atoms with van der Waals surface area (Å²) in [7, 11) is -3.92. The highest BCUT2D eigenvalue weighted by Gasteiger charge is 2.12. The molecule has 0 unspecified atom stereocenters. The summed E-state index contributed by atoms with van der Waals surface area (Å²) in [5, 5.41) is 3.21. The van der Waals surface area contributed by atoms with E-state index in [9.17, 15) is 4.57 Å². The molecule has 1 heterocycles. The van der Waals surface area contributed by atoms with Crippen molar-refractivity contribution >= 4 is 7.60 Å². The van der Waals surface area contributed by atoms with Crippen molar-refractivity contribution in [1.29, 1.82) is 0 Å². The predicted octanol–water partition coefficient (Wildman–Crippen LogP) is 4.07. The van der Waals surface area contributed by atoms with Crippen molar-refractivity contribution in [3.63, 3.8) is 0 Å². The Morgan fingerprint density at radius 3 is 2.11 bits per heavy atom. The van der Waals surface area contributed by atoms with Gasteiger partial charge in [-0.2, -0.15) is 0 Å². The van der Waals surface area contributed by atoms with Crippen molar-refractivity contribution in [2.75, 3.05) is 12.7 Å². The third-order valence-electron chi connectivity index (χ3n) is 4.19. The zero-order valence-electron chi connectivity index (χ0n) is 15.0. The maximum absolute atomic E-state index is 10.9. The standard InChI is InChI=1S/C21H23N2O3P/c24-27(25,26)15-7-14-22-16-19-12-13-20(17-8-3-1-4-9-17)21(23-19)18-10-5-2-6-11-18/h1-6,8-13,22H,7,14-16H2,(H2,24,25,26). The zero-order chi connectivity index (χ0) is 19.1. The summed E-state index contributed by atoms with van der Waals surface area (Å²) >= 11 is 0. The summed E-state index contributed by atoms with van der Waals surface area (Å²) in [5.41, 5.74) is 5.07. The number of nitrogens with one attached hydrogen (secondary N) is 1. The number of aromatic nitrogens is 1. The van der Waals surface area contributed by atoms with Crippen LogP contribution in [0.3, 0.4) is 0 Å². The molecule has 3 rings (SSSR count). The van der Waals surface area contributed by atoms with Crippen LogP contribution in [0.25, 0.3) is 22.4 Å². The van der Waals surface area contributed by atoms with Crippen LogP contribution in [0, 0.1) is 0 Å². The van der Waals surface area contributed by atoms with Gasteiger partial charge in [-0.05, 0) is 24.6 Å². The topological polar surface area (TPSA) is 82.5 Å². The van der Waals surface area contributed by atoms with E-state index in [2.05, 4.69) is 23.5 Å². The van der Waals surface area contributed by atoms with E-state index in [1.807, 2.05) is 54.6 Å². The molecule has 1 aromatic heterocycles. The van der Waals surface area contributed by atoms with Crippen LogP contribution >= 0.6 is 7.60 Å². The Balaban J connectivity index is 1.78. The largest absolute Gasteiger partial charge is 0.325 e. The first kappa shape index (κ1) is 19.5. The minimum atomic E-state index is -3.92. The predicted molar refractivity (Wildman–Crippen MR) is 108 cm³/mol. The van der Waals surface area contributed by atoms with E-state index in [0.717, 1.165) is 28.1 Å². The number of pyridine rings is 1. The normalized spacial score (nSPS) is 11.5. The third kappa shape index (κ3) is 5.84. The van der Waals surface area contributed by atoms with Gasteiger partial charge in [-0.15, -0.1) is 0 Å². The van der Waals surface area contributed by atoms with Gasteiger partial charge in [0.05, 0.1) is 17.5 Å². The van der Waals surface area contributed by atoms with Gasteiger partial charge in [0.1, 0.15) is 0 Å². The molecule has 0 saturated carbocycles. The lowest BCUT2D eigenvalue weighted by Crippen LogP contribution is -2.16. The molecule has 6 heteroatoms. The number of rotatable bonds is 8. The Hall–Kier alpha value is -2.30. The fourth-order valence-corrected chi connectivity index (χ4v) is 3.46. The van der Waals surface area contributed by atoms with Crippen molar-refractivity contribution in [3.8, 4) is 22.4 Å². The number of nitrogens with zero attached hydrogens (tertiary/aromatic N) is 1. The Kier molecular flexibility index (Phi) is 6.54. The van der Waals surface area contributed by atoms with Gasteiger partial charge in [-0.3, -0.25) is 9.55 Å². The molecular weight excluding hydrogens is 359 g/mol. The van der Waals surface area contributed by atoms with Gasteiger partial charge in [0.15, 0.2) is 0 Å². The molecule has 0 radical (unpaired) electrons. The number of hydrogen-bond donors (Lipinski definition) is 3. The molecule has 27 heavy (non-hydrogen) atoms. The maximum Gasteiger partial charge on any atom is 0.325 e. The smallest absolute Gasteiger partial charge is 0.324 e. The number of hydrogen-bond acceptors (Lipinski definition) is 3. The first-order valence-electron chi connectivity index (χ1n) is 8.89. The van der Waals surface area contributed by atoms with Crippen molar-refractivity contribution in [2.24, 2.45) is 0 Å². The van der Waals surface area contributed by atoms with Gasteiger partial charge in [0.25, 0.3) is 0 Å². The van der Waals surface area contributed by atoms with E-state index >= 15 is 0 Å². The zero-order valence-corrected chi connectivity index (χ0v) is 15.8. The third-order valence-corrected chi connectivity index (χ3v) is 5.09. The van der Waals surface area contributed by atoms with Gasteiger partial charge in [-0.25, -0.2) is 0 Å². The first-order valence-corrected chi connectivity index (χ1v) is 10.7. The summed E-state index contributed by atoms with van der Waals surface area (Å²) in [5.74, 6) is 0. The monoisotopic (exact) mass is 382 g/mol. The molecule has 5 nitrogen and oxygen atoms in total. The fraction of sp³-hybridized carbons (Fsp3) is 0.190. The molecule has 3 aromatic rings. The van der Waals surface area contributed by atoms with Crippen LogP contribution < -0.4 is 5.32 Å². The molecule has 0 bridgehead atoms. The van der Waals surface area contributed by atoms with Gasteiger partial charge >= 0.3 is 7.60 Å². The van der Waals surface area contributed by atoms with Crippen molar-refractivity contribution in [2.45, 2.75) is 13.0 Å². The second kappa shape index (κ2) is 9.07. The molecule has 0 spiro atoms.